The molecular weight excluding hydrogens is 374 g/mol. The molecule has 4 heteroatoms. The molecule has 1 aromatic carbocycles. The highest BCUT2D eigenvalue weighted by atomic mass is 28.3. The number of rotatable bonds is 13. The van der Waals surface area contributed by atoms with E-state index >= 15 is 0 Å². The zero-order valence-corrected chi connectivity index (χ0v) is 19.9. The largest absolute Gasteiger partial charge is 0.296 e. The number of hydrogen-bond donors (Lipinski definition) is 1. The molecule has 0 aromatic heterocycles. The Balaban J connectivity index is 1.62. The van der Waals surface area contributed by atoms with E-state index in [1.807, 2.05) is 18.2 Å². The van der Waals surface area contributed by atoms with Gasteiger partial charge in [-0.05, 0) is 30.0 Å². The lowest BCUT2D eigenvalue weighted by Crippen LogP contribution is -2.35. The summed E-state index contributed by atoms with van der Waals surface area (Å²) >= 11 is 0. The topological polar surface area (TPSA) is 46.2 Å². The van der Waals surface area contributed by atoms with E-state index in [0.717, 1.165) is 24.4 Å². The Bertz CT molecular complexity index is 656. The van der Waals surface area contributed by atoms with Crippen LogP contribution in [0, 0.1) is 0 Å². The van der Waals surface area contributed by atoms with Gasteiger partial charge in [-0.25, -0.2) is 0 Å². The maximum atomic E-state index is 12.6. The van der Waals surface area contributed by atoms with Crippen molar-refractivity contribution in [3.05, 3.63) is 35.4 Å². The van der Waals surface area contributed by atoms with Crippen molar-refractivity contribution in [3.8, 4) is 0 Å². The fraction of sp³-hybridized carbons (Fsp3) is 0.680. The van der Waals surface area contributed by atoms with Crippen molar-refractivity contribution in [2.24, 2.45) is 0 Å². The van der Waals surface area contributed by atoms with Crippen molar-refractivity contribution in [2.45, 2.75) is 109 Å². The summed E-state index contributed by atoms with van der Waals surface area (Å²) in [5, 5.41) is 2.68. The summed E-state index contributed by atoms with van der Waals surface area (Å²) < 4.78 is 0. The number of benzene rings is 1. The monoisotopic (exact) mass is 415 g/mol. The number of carbonyl (C=O) groups excluding carboxylic acids is 2. The summed E-state index contributed by atoms with van der Waals surface area (Å²) in [5.41, 5.74) is 2.35. The third-order valence-corrected chi connectivity index (χ3v) is 9.76. The molecule has 1 N–H and O–H groups in total. The Morgan fingerprint density at radius 1 is 0.966 bits per heavy atom. The van der Waals surface area contributed by atoms with Crippen LogP contribution in [0.4, 0.5) is 0 Å². The molecule has 0 radical (unpaired) electrons. The molecule has 0 heterocycles. The van der Waals surface area contributed by atoms with E-state index in [-0.39, 0.29) is 17.7 Å². The van der Waals surface area contributed by atoms with Gasteiger partial charge in [-0.15, -0.1) is 0 Å². The van der Waals surface area contributed by atoms with E-state index in [9.17, 15) is 9.59 Å². The highest BCUT2D eigenvalue weighted by molar-refractivity contribution is 6.77. The molecule has 2 amide bonds. The molecule has 0 fully saturated rings. The second-order valence-corrected chi connectivity index (χ2v) is 14.9. The average Bonchev–Trinajstić information content (AvgIpc) is 3.13. The number of aryl methyl sites for hydroxylation is 1. The first-order chi connectivity index (χ1) is 13.9. The van der Waals surface area contributed by atoms with Crippen LogP contribution < -0.4 is 5.32 Å². The normalized spacial score (nSPS) is 15.9. The summed E-state index contributed by atoms with van der Waals surface area (Å²) in [4.78, 5) is 24.9. The molecule has 1 aromatic rings. The van der Waals surface area contributed by atoms with Crippen LogP contribution in [0.2, 0.25) is 25.2 Å². The number of carbonyl (C=O) groups is 2. The van der Waals surface area contributed by atoms with Crippen molar-refractivity contribution in [2.75, 3.05) is 0 Å². The minimum absolute atomic E-state index is 0.0871. The lowest BCUT2D eigenvalue weighted by atomic mass is 10.0. The van der Waals surface area contributed by atoms with Gasteiger partial charge >= 0.3 is 0 Å². The van der Waals surface area contributed by atoms with Gasteiger partial charge in [-0.2, -0.15) is 0 Å². The third kappa shape index (κ3) is 8.45. The van der Waals surface area contributed by atoms with E-state index in [0.29, 0.717) is 6.42 Å². The Hall–Kier alpha value is -1.42. The maximum absolute atomic E-state index is 12.6. The standard InChI is InChI=1S/C25H41NO2Si/c1-4-5-6-7-8-9-10-13-19-29(2,3)20-18-24(27)26-25(28)23-17-16-21-14-11-12-15-22(21)23/h11-12,14-15,23H,4-10,13,16-20H2,1-3H3,(H,26,27,28). The molecule has 0 saturated heterocycles. The number of unbranched alkanes of at least 4 members (excludes halogenated alkanes) is 7. The van der Waals surface area contributed by atoms with Crippen LogP contribution in [0.5, 0.6) is 0 Å². The van der Waals surface area contributed by atoms with Crippen LogP contribution in [0.1, 0.15) is 88.2 Å². The van der Waals surface area contributed by atoms with Crippen LogP contribution in [-0.4, -0.2) is 19.9 Å². The first-order valence-electron chi connectivity index (χ1n) is 11.8. The summed E-state index contributed by atoms with van der Waals surface area (Å²) in [7, 11) is -1.36. The SMILES string of the molecule is CCCCCCCCCC[Si](C)(C)CCC(=O)NC(=O)C1CCc2ccccc21. The Morgan fingerprint density at radius 2 is 1.62 bits per heavy atom. The fourth-order valence-electron chi connectivity index (χ4n) is 4.43. The summed E-state index contributed by atoms with van der Waals surface area (Å²) in [5.74, 6) is -0.351. The van der Waals surface area contributed by atoms with Crippen LogP contribution in [0.3, 0.4) is 0 Å². The molecule has 3 nitrogen and oxygen atoms in total. The summed E-state index contributed by atoms with van der Waals surface area (Å²) in [6.07, 6.45) is 13.0. The first-order valence-corrected chi connectivity index (χ1v) is 15.3. The predicted octanol–water partition coefficient (Wildman–Crippen LogP) is 6.60. The molecule has 0 saturated carbocycles. The van der Waals surface area contributed by atoms with Gasteiger partial charge in [0.05, 0.1) is 5.92 Å². The summed E-state index contributed by atoms with van der Waals surface area (Å²) in [6, 6.07) is 10.4. The number of fused-ring (bicyclic) bond motifs is 1. The van der Waals surface area contributed by atoms with E-state index in [4.69, 9.17) is 0 Å². The molecule has 0 bridgehead atoms. The second-order valence-electron chi connectivity index (χ2n) is 9.59. The van der Waals surface area contributed by atoms with Crippen molar-refractivity contribution in [3.63, 3.8) is 0 Å². The lowest BCUT2D eigenvalue weighted by Gasteiger charge is -2.22. The minimum atomic E-state index is -1.36. The van der Waals surface area contributed by atoms with Gasteiger partial charge in [0.25, 0.3) is 0 Å². The van der Waals surface area contributed by atoms with Crippen LogP contribution in [0.25, 0.3) is 0 Å². The number of hydrogen-bond acceptors (Lipinski definition) is 2. The molecule has 29 heavy (non-hydrogen) atoms. The average molecular weight is 416 g/mol. The maximum Gasteiger partial charge on any atom is 0.234 e. The zero-order valence-electron chi connectivity index (χ0n) is 18.9. The molecule has 1 atom stereocenters. The first kappa shape index (κ1) is 23.9. The van der Waals surface area contributed by atoms with Crippen molar-refractivity contribution in [1.29, 1.82) is 0 Å². The van der Waals surface area contributed by atoms with Gasteiger partial charge in [0.1, 0.15) is 0 Å². The van der Waals surface area contributed by atoms with E-state index in [1.165, 1.54) is 63.0 Å². The van der Waals surface area contributed by atoms with Crippen LogP contribution in [-0.2, 0) is 16.0 Å². The highest BCUT2D eigenvalue weighted by Gasteiger charge is 2.29. The smallest absolute Gasteiger partial charge is 0.234 e. The van der Waals surface area contributed by atoms with Crippen LogP contribution in [0.15, 0.2) is 24.3 Å². The van der Waals surface area contributed by atoms with Gasteiger partial charge in [0.2, 0.25) is 11.8 Å². The molecule has 0 spiro atoms. The van der Waals surface area contributed by atoms with Gasteiger partial charge in [0.15, 0.2) is 0 Å². The van der Waals surface area contributed by atoms with Crippen molar-refractivity contribution in [1.82, 2.24) is 5.32 Å². The molecule has 1 unspecified atom stereocenters. The quantitative estimate of drug-likeness (QED) is 0.291. The van der Waals surface area contributed by atoms with Crippen molar-refractivity contribution >= 4 is 19.9 Å². The molecule has 0 aliphatic heterocycles. The molecule has 2 rings (SSSR count). The zero-order chi connectivity index (χ0) is 21.1. The van der Waals surface area contributed by atoms with Crippen molar-refractivity contribution < 1.29 is 9.59 Å². The van der Waals surface area contributed by atoms with Gasteiger partial charge < -0.3 is 0 Å². The van der Waals surface area contributed by atoms with Gasteiger partial charge in [-0.3, -0.25) is 14.9 Å². The molecule has 162 valence electrons. The fourth-order valence-corrected chi connectivity index (χ4v) is 6.79. The Labute approximate surface area is 179 Å². The lowest BCUT2D eigenvalue weighted by molar-refractivity contribution is -0.131. The predicted molar refractivity (Wildman–Crippen MR) is 125 cm³/mol. The molecule has 1 aliphatic carbocycles. The van der Waals surface area contributed by atoms with E-state index < -0.39 is 8.07 Å². The number of imide groups is 1. The summed E-state index contributed by atoms with van der Waals surface area (Å²) in [6.45, 7) is 7.03. The third-order valence-electron chi connectivity index (χ3n) is 6.45. The number of amides is 2. The van der Waals surface area contributed by atoms with E-state index in [1.54, 1.807) is 0 Å². The van der Waals surface area contributed by atoms with Gasteiger partial charge in [-0.1, -0.05) is 102 Å². The highest BCUT2D eigenvalue weighted by Crippen LogP contribution is 2.33. The molecular formula is C25H41NO2Si. The van der Waals surface area contributed by atoms with Crippen LogP contribution >= 0.6 is 0 Å². The minimum Gasteiger partial charge on any atom is -0.296 e. The Kier molecular flexibility index (Phi) is 10.1. The second kappa shape index (κ2) is 12.3. The number of nitrogens with one attached hydrogen (secondary N) is 1. The van der Waals surface area contributed by atoms with Gasteiger partial charge in [0, 0.05) is 14.5 Å². The Morgan fingerprint density at radius 3 is 2.34 bits per heavy atom. The van der Waals surface area contributed by atoms with E-state index in [2.05, 4.69) is 31.4 Å². The molecule has 1 aliphatic rings.